The van der Waals surface area contributed by atoms with E-state index in [0.717, 1.165) is 6.42 Å². The van der Waals surface area contributed by atoms with Crippen molar-refractivity contribution in [3.8, 4) is 0 Å². The van der Waals surface area contributed by atoms with Crippen LogP contribution in [0, 0.1) is 11.7 Å². The van der Waals surface area contributed by atoms with Crippen LogP contribution in [0.25, 0.3) is 0 Å². The highest BCUT2D eigenvalue weighted by Crippen LogP contribution is 2.19. The lowest BCUT2D eigenvalue weighted by atomic mass is 10.0. The standard InChI is InChI=1S/C14H18Cl2FNO/c1-9(2)6-10(8-15)18-14(19)7-11-12(16)4-3-5-13(11)17/h3-5,9-10H,6-8H2,1-2H3,(H,18,19). The van der Waals surface area contributed by atoms with Crippen molar-refractivity contribution in [3.63, 3.8) is 0 Å². The van der Waals surface area contributed by atoms with Gasteiger partial charge in [-0.3, -0.25) is 4.79 Å². The normalized spacial score (nSPS) is 12.5. The molecule has 0 aromatic heterocycles. The maximum Gasteiger partial charge on any atom is 0.224 e. The van der Waals surface area contributed by atoms with E-state index in [-0.39, 0.29) is 29.0 Å². The minimum absolute atomic E-state index is 0.0724. The first-order valence-corrected chi connectivity index (χ1v) is 7.13. The van der Waals surface area contributed by atoms with Crippen LogP contribution in [-0.2, 0) is 11.2 Å². The van der Waals surface area contributed by atoms with Crippen molar-refractivity contribution >= 4 is 29.1 Å². The van der Waals surface area contributed by atoms with Gasteiger partial charge < -0.3 is 5.32 Å². The van der Waals surface area contributed by atoms with Crippen molar-refractivity contribution in [1.29, 1.82) is 0 Å². The quantitative estimate of drug-likeness (QED) is 0.796. The average Bonchev–Trinajstić information content (AvgIpc) is 2.32. The van der Waals surface area contributed by atoms with Crippen molar-refractivity contribution in [1.82, 2.24) is 5.32 Å². The summed E-state index contributed by atoms with van der Waals surface area (Å²) in [5.74, 6) is 0.0443. The summed E-state index contributed by atoms with van der Waals surface area (Å²) in [6.07, 6.45) is 0.719. The zero-order valence-corrected chi connectivity index (χ0v) is 12.6. The van der Waals surface area contributed by atoms with Crippen LogP contribution in [0.3, 0.4) is 0 Å². The second kappa shape index (κ2) is 7.71. The van der Waals surface area contributed by atoms with Crippen LogP contribution in [0.15, 0.2) is 18.2 Å². The zero-order chi connectivity index (χ0) is 14.4. The Morgan fingerprint density at radius 2 is 2.11 bits per heavy atom. The molecule has 0 aliphatic heterocycles. The van der Waals surface area contributed by atoms with Gasteiger partial charge >= 0.3 is 0 Å². The number of nitrogens with one attached hydrogen (secondary N) is 1. The second-order valence-electron chi connectivity index (χ2n) is 4.93. The molecule has 1 amide bonds. The lowest BCUT2D eigenvalue weighted by molar-refractivity contribution is -0.121. The topological polar surface area (TPSA) is 29.1 Å². The Hall–Kier alpha value is -0.800. The molecule has 2 nitrogen and oxygen atoms in total. The number of rotatable bonds is 6. The second-order valence-corrected chi connectivity index (χ2v) is 5.64. The van der Waals surface area contributed by atoms with Crippen LogP contribution >= 0.6 is 23.2 Å². The van der Waals surface area contributed by atoms with E-state index in [0.29, 0.717) is 11.8 Å². The predicted octanol–water partition coefficient (Wildman–Crippen LogP) is 3.79. The van der Waals surface area contributed by atoms with Crippen LogP contribution in [0.1, 0.15) is 25.8 Å². The molecule has 0 bridgehead atoms. The number of halogens is 3. The van der Waals surface area contributed by atoms with Gasteiger partial charge in [0.05, 0.1) is 6.42 Å². The monoisotopic (exact) mass is 305 g/mol. The Morgan fingerprint density at radius 1 is 1.42 bits per heavy atom. The molecule has 5 heteroatoms. The number of amides is 1. The molecule has 0 aliphatic rings. The van der Waals surface area contributed by atoms with E-state index < -0.39 is 5.82 Å². The van der Waals surface area contributed by atoms with Gasteiger partial charge in [-0.15, -0.1) is 11.6 Å². The number of hydrogen-bond donors (Lipinski definition) is 1. The van der Waals surface area contributed by atoms with Crippen LogP contribution in [-0.4, -0.2) is 17.8 Å². The van der Waals surface area contributed by atoms with Gasteiger partial charge in [-0.2, -0.15) is 0 Å². The summed E-state index contributed by atoms with van der Waals surface area (Å²) in [6, 6.07) is 4.28. The van der Waals surface area contributed by atoms with Crippen molar-refractivity contribution in [2.24, 2.45) is 5.92 Å². The number of alkyl halides is 1. The number of carbonyl (C=O) groups excluding carboxylic acids is 1. The van der Waals surface area contributed by atoms with Crippen molar-refractivity contribution in [2.45, 2.75) is 32.7 Å². The molecule has 0 aliphatic carbocycles. The maximum atomic E-state index is 13.5. The molecule has 1 N–H and O–H groups in total. The third kappa shape index (κ3) is 5.37. The van der Waals surface area contributed by atoms with Crippen molar-refractivity contribution < 1.29 is 9.18 Å². The van der Waals surface area contributed by atoms with Crippen molar-refractivity contribution in [3.05, 3.63) is 34.6 Å². The largest absolute Gasteiger partial charge is 0.352 e. The molecule has 0 radical (unpaired) electrons. The molecule has 1 aromatic carbocycles. The minimum Gasteiger partial charge on any atom is -0.352 e. The SMILES string of the molecule is CC(C)CC(CCl)NC(=O)Cc1c(F)cccc1Cl. The first kappa shape index (κ1) is 16.3. The highest BCUT2D eigenvalue weighted by Gasteiger charge is 2.16. The van der Waals surface area contributed by atoms with E-state index in [1.165, 1.54) is 12.1 Å². The third-order valence-electron chi connectivity index (χ3n) is 2.71. The van der Waals surface area contributed by atoms with Crippen LogP contribution < -0.4 is 5.32 Å². The molecule has 0 heterocycles. The third-order valence-corrected chi connectivity index (χ3v) is 3.43. The Balaban J connectivity index is 2.64. The average molecular weight is 306 g/mol. The van der Waals surface area contributed by atoms with Crippen molar-refractivity contribution in [2.75, 3.05) is 5.88 Å². The molecule has 1 atom stereocenters. The van der Waals surface area contributed by atoms with E-state index in [1.807, 2.05) is 0 Å². The summed E-state index contributed by atoms with van der Waals surface area (Å²) in [4.78, 5) is 11.9. The van der Waals surface area contributed by atoms with Gasteiger partial charge in [0.25, 0.3) is 0 Å². The summed E-state index contributed by atoms with van der Waals surface area (Å²) < 4.78 is 13.5. The maximum absolute atomic E-state index is 13.5. The first-order valence-electron chi connectivity index (χ1n) is 6.22. The number of hydrogen-bond acceptors (Lipinski definition) is 1. The van der Waals surface area contributed by atoms with E-state index >= 15 is 0 Å². The van der Waals surface area contributed by atoms with Gasteiger partial charge in [-0.05, 0) is 24.5 Å². The summed E-state index contributed by atoms with van der Waals surface area (Å²) in [7, 11) is 0. The Morgan fingerprint density at radius 3 is 2.63 bits per heavy atom. The minimum atomic E-state index is -0.464. The zero-order valence-electron chi connectivity index (χ0n) is 11.1. The van der Waals surface area contributed by atoms with E-state index in [1.54, 1.807) is 6.07 Å². The molecular weight excluding hydrogens is 288 g/mol. The van der Waals surface area contributed by atoms with Gasteiger partial charge in [0.1, 0.15) is 5.82 Å². The lowest BCUT2D eigenvalue weighted by Gasteiger charge is -2.18. The van der Waals surface area contributed by atoms with E-state index in [4.69, 9.17) is 23.2 Å². The number of carbonyl (C=O) groups is 1. The molecule has 0 fully saturated rings. The first-order chi connectivity index (χ1) is 8.93. The van der Waals surface area contributed by atoms with Gasteiger partial charge in [0.15, 0.2) is 0 Å². The Kier molecular flexibility index (Phi) is 6.59. The fourth-order valence-electron chi connectivity index (χ4n) is 1.87. The highest BCUT2D eigenvalue weighted by molar-refractivity contribution is 6.31. The molecular formula is C14H18Cl2FNO. The van der Waals surface area contributed by atoms with Gasteiger partial charge in [0.2, 0.25) is 5.91 Å². The molecule has 0 saturated carbocycles. The summed E-state index contributed by atoms with van der Waals surface area (Å²) >= 11 is 11.7. The summed E-state index contributed by atoms with van der Waals surface area (Å²) in [5.41, 5.74) is 0.222. The fourth-order valence-corrected chi connectivity index (χ4v) is 2.30. The Bertz CT molecular complexity index is 417. The smallest absolute Gasteiger partial charge is 0.224 e. The van der Waals surface area contributed by atoms with Gasteiger partial charge in [-0.25, -0.2) is 4.39 Å². The fraction of sp³-hybridized carbons (Fsp3) is 0.500. The Labute approximate surface area is 123 Å². The lowest BCUT2D eigenvalue weighted by Crippen LogP contribution is -2.38. The van der Waals surface area contributed by atoms with E-state index in [9.17, 15) is 9.18 Å². The van der Waals surface area contributed by atoms with Crippen LogP contribution in [0.4, 0.5) is 4.39 Å². The van der Waals surface area contributed by atoms with Crippen LogP contribution in [0.5, 0.6) is 0 Å². The van der Waals surface area contributed by atoms with Gasteiger partial charge in [-0.1, -0.05) is 31.5 Å². The molecule has 0 spiro atoms. The highest BCUT2D eigenvalue weighted by atomic mass is 35.5. The summed E-state index contributed by atoms with van der Waals surface area (Å²) in [5, 5.41) is 3.07. The number of benzene rings is 1. The molecule has 1 rings (SSSR count). The van der Waals surface area contributed by atoms with Crippen LogP contribution in [0.2, 0.25) is 5.02 Å². The molecule has 0 saturated heterocycles. The van der Waals surface area contributed by atoms with Gasteiger partial charge in [0, 0.05) is 22.5 Å². The van der Waals surface area contributed by atoms with E-state index in [2.05, 4.69) is 19.2 Å². The molecule has 19 heavy (non-hydrogen) atoms. The molecule has 1 unspecified atom stereocenters. The molecule has 1 aromatic rings. The predicted molar refractivity (Wildman–Crippen MR) is 77.2 cm³/mol. The summed E-state index contributed by atoms with van der Waals surface area (Å²) in [6.45, 7) is 4.11. The molecule has 106 valence electrons.